The Morgan fingerprint density at radius 2 is 2.50 bits per heavy atom. The van der Waals surface area contributed by atoms with E-state index in [0.29, 0.717) is 5.92 Å². The van der Waals surface area contributed by atoms with Crippen molar-refractivity contribution in [2.24, 2.45) is 5.92 Å². The Bertz CT molecular complexity index is 239. The van der Waals surface area contributed by atoms with Crippen LogP contribution in [0.15, 0.2) is 23.8 Å². The molecule has 0 aliphatic heterocycles. The van der Waals surface area contributed by atoms with E-state index in [-0.39, 0.29) is 0 Å². The Kier molecular flexibility index (Phi) is 1.84. The van der Waals surface area contributed by atoms with Crippen molar-refractivity contribution in [2.45, 2.75) is 38.2 Å². The molecule has 2 rings (SSSR count). The number of aliphatic hydroxyl groups is 1. The van der Waals surface area contributed by atoms with Gasteiger partial charge in [-0.1, -0.05) is 25.2 Å². The summed E-state index contributed by atoms with van der Waals surface area (Å²) in [4.78, 5) is 0. The third-order valence-corrected chi connectivity index (χ3v) is 3.07. The summed E-state index contributed by atoms with van der Waals surface area (Å²) in [7, 11) is 0. The van der Waals surface area contributed by atoms with E-state index < -0.39 is 5.60 Å². The van der Waals surface area contributed by atoms with Gasteiger partial charge in [0.15, 0.2) is 0 Å². The molecule has 0 radical (unpaired) electrons. The average Bonchev–Trinajstić information content (AvgIpc) is 2.45. The van der Waals surface area contributed by atoms with Gasteiger partial charge in [0.05, 0.1) is 0 Å². The molecular weight excluding hydrogens is 148 g/mol. The number of fused-ring (bicyclic) bond motifs is 1. The third-order valence-electron chi connectivity index (χ3n) is 3.07. The monoisotopic (exact) mass is 164 g/mol. The van der Waals surface area contributed by atoms with Crippen LogP contribution in [-0.2, 0) is 0 Å². The summed E-state index contributed by atoms with van der Waals surface area (Å²) >= 11 is 0. The van der Waals surface area contributed by atoms with Crippen LogP contribution in [0.1, 0.15) is 32.6 Å². The summed E-state index contributed by atoms with van der Waals surface area (Å²) in [5.41, 5.74) is 0.711. The molecule has 0 unspecified atom stereocenters. The summed E-state index contributed by atoms with van der Waals surface area (Å²) in [5.74, 6) is 0.568. The van der Waals surface area contributed by atoms with Crippen molar-refractivity contribution in [3.63, 3.8) is 0 Å². The summed E-state index contributed by atoms with van der Waals surface area (Å²) in [6.45, 7) is 2.19. The summed E-state index contributed by atoms with van der Waals surface area (Å²) in [6, 6.07) is 0. The average molecular weight is 164 g/mol. The number of allylic oxidation sites excluding steroid dienone is 2. The minimum absolute atomic E-state index is 0.550. The molecule has 0 aromatic carbocycles. The van der Waals surface area contributed by atoms with Crippen LogP contribution in [0.2, 0.25) is 0 Å². The molecule has 0 bridgehead atoms. The number of rotatable bonds is 1. The molecule has 1 fully saturated rings. The van der Waals surface area contributed by atoms with Crippen LogP contribution in [-0.4, -0.2) is 10.7 Å². The Morgan fingerprint density at radius 1 is 1.67 bits per heavy atom. The number of hydrogen-bond donors (Lipinski definition) is 1. The van der Waals surface area contributed by atoms with Crippen LogP contribution in [0.25, 0.3) is 0 Å². The van der Waals surface area contributed by atoms with Crippen LogP contribution in [0.5, 0.6) is 0 Å². The van der Waals surface area contributed by atoms with Crippen molar-refractivity contribution in [1.29, 1.82) is 0 Å². The Balaban J connectivity index is 2.25. The highest BCUT2D eigenvalue weighted by molar-refractivity contribution is 5.34. The molecule has 0 aromatic rings. The fraction of sp³-hybridized carbons (Fsp3) is 0.636. The first kappa shape index (κ1) is 8.06. The topological polar surface area (TPSA) is 20.2 Å². The molecule has 1 saturated carbocycles. The van der Waals surface area contributed by atoms with Crippen molar-refractivity contribution in [1.82, 2.24) is 0 Å². The molecule has 0 aromatic heterocycles. The maximum Gasteiger partial charge on any atom is 0.104 e. The molecule has 0 spiro atoms. The Morgan fingerprint density at radius 3 is 3.25 bits per heavy atom. The fourth-order valence-corrected chi connectivity index (χ4v) is 2.19. The van der Waals surface area contributed by atoms with Crippen LogP contribution in [0, 0.1) is 5.92 Å². The van der Waals surface area contributed by atoms with Gasteiger partial charge in [-0.25, -0.2) is 0 Å². The molecule has 1 N–H and O–H groups in total. The molecule has 2 aliphatic carbocycles. The zero-order valence-electron chi connectivity index (χ0n) is 7.59. The highest BCUT2D eigenvalue weighted by Crippen LogP contribution is 2.40. The summed E-state index contributed by atoms with van der Waals surface area (Å²) in [5, 5.41) is 10.1. The molecule has 2 aliphatic rings. The SMILES string of the molecule is CC[C@H]1C=C[C@@]2(O)CCCC2=C1. The van der Waals surface area contributed by atoms with Crippen molar-refractivity contribution in [3.8, 4) is 0 Å². The summed E-state index contributed by atoms with van der Waals surface area (Å²) < 4.78 is 0. The fourth-order valence-electron chi connectivity index (χ4n) is 2.19. The zero-order chi connectivity index (χ0) is 8.60. The van der Waals surface area contributed by atoms with Gasteiger partial charge in [0.25, 0.3) is 0 Å². The minimum Gasteiger partial charge on any atom is -0.381 e. The van der Waals surface area contributed by atoms with E-state index in [1.807, 2.05) is 6.08 Å². The minimum atomic E-state index is -0.550. The third kappa shape index (κ3) is 1.13. The molecule has 1 heteroatoms. The van der Waals surface area contributed by atoms with Gasteiger partial charge in [0.1, 0.15) is 5.60 Å². The van der Waals surface area contributed by atoms with Crippen molar-refractivity contribution in [3.05, 3.63) is 23.8 Å². The highest BCUT2D eigenvalue weighted by Gasteiger charge is 2.35. The summed E-state index contributed by atoms with van der Waals surface area (Å²) in [6.07, 6.45) is 10.7. The van der Waals surface area contributed by atoms with Gasteiger partial charge in [-0.05, 0) is 37.2 Å². The van der Waals surface area contributed by atoms with Gasteiger partial charge in [0, 0.05) is 0 Å². The van der Waals surface area contributed by atoms with Crippen LogP contribution >= 0.6 is 0 Å². The normalized spacial score (nSPS) is 39.5. The smallest absolute Gasteiger partial charge is 0.104 e. The van der Waals surface area contributed by atoms with E-state index in [0.717, 1.165) is 25.7 Å². The highest BCUT2D eigenvalue weighted by atomic mass is 16.3. The van der Waals surface area contributed by atoms with Crippen molar-refractivity contribution < 1.29 is 5.11 Å². The van der Waals surface area contributed by atoms with Gasteiger partial charge >= 0.3 is 0 Å². The molecule has 1 nitrogen and oxygen atoms in total. The maximum absolute atomic E-state index is 10.1. The van der Waals surface area contributed by atoms with E-state index in [2.05, 4.69) is 19.1 Å². The molecule has 0 heterocycles. The predicted octanol–water partition coefficient (Wildman–Crippen LogP) is 2.42. The lowest BCUT2D eigenvalue weighted by molar-refractivity contribution is 0.133. The molecule has 0 saturated heterocycles. The van der Waals surface area contributed by atoms with Crippen LogP contribution in [0.4, 0.5) is 0 Å². The first-order valence-electron chi connectivity index (χ1n) is 4.87. The van der Waals surface area contributed by atoms with Gasteiger partial charge in [-0.3, -0.25) is 0 Å². The van der Waals surface area contributed by atoms with E-state index >= 15 is 0 Å². The zero-order valence-corrected chi connectivity index (χ0v) is 7.59. The lowest BCUT2D eigenvalue weighted by atomic mass is 9.86. The van der Waals surface area contributed by atoms with Crippen molar-refractivity contribution >= 4 is 0 Å². The van der Waals surface area contributed by atoms with Crippen molar-refractivity contribution in [2.75, 3.05) is 0 Å². The van der Waals surface area contributed by atoms with Crippen LogP contribution in [0.3, 0.4) is 0 Å². The van der Waals surface area contributed by atoms with E-state index in [4.69, 9.17) is 0 Å². The quantitative estimate of drug-likeness (QED) is 0.590. The predicted molar refractivity (Wildman–Crippen MR) is 49.8 cm³/mol. The molecular formula is C11H16O. The van der Waals surface area contributed by atoms with E-state index in [1.54, 1.807) is 0 Å². The Hall–Kier alpha value is -0.560. The number of hydrogen-bond acceptors (Lipinski definition) is 1. The van der Waals surface area contributed by atoms with Gasteiger partial charge in [-0.15, -0.1) is 0 Å². The lowest BCUT2D eigenvalue weighted by Gasteiger charge is -2.26. The largest absolute Gasteiger partial charge is 0.381 e. The Labute approximate surface area is 73.8 Å². The second-order valence-corrected chi connectivity index (χ2v) is 3.90. The van der Waals surface area contributed by atoms with Gasteiger partial charge < -0.3 is 5.11 Å². The lowest BCUT2D eigenvalue weighted by Crippen LogP contribution is -2.26. The van der Waals surface area contributed by atoms with Gasteiger partial charge in [-0.2, -0.15) is 0 Å². The van der Waals surface area contributed by atoms with E-state index in [9.17, 15) is 5.11 Å². The second-order valence-electron chi connectivity index (χ2n) is 3.90. The van der Waals surface area contributed by atoms with Gasteiger partial charge in [0.2, 0.25) is 0 Å². The molecule has 66 valence electrons. The van der Waals surface area contributed by atoms with E-state index in [1.165, 1.54) is 5.57 Å². The first-order valence-corrected chi connectivity index (χ1v) is 4.87. The second kappa shape index (κ2) is 2.74. The molecule has 0 amide bonds. The first-order chi connectivity index (χ1) is 5.74. The molecule has 2 atom stereocenters. The maximum atomic E-state index is 10.1. The molecule has 12 heavy (non-hydrogen) atoms. The van der Waals surface area contributed by atoms with Crippen LogP contribution < -0.4 is 0 Å². The standard InChI is InChI=1S/C11H16O/c1-2-9-5-7-11(12)6-3-4-10(11)8-9/h5,7-9,12H,2-4,6H2,1H3/t9-,11-/m0/s1.